The molecule has 4 rings (SSSR count). The van der Waals surface area contributed by atoms with Gasteiger partial charge in [0.05, 0.1) is 38.4 Å². The van der Waals surface area contributed by atoms with Crippen LogP contribution in [0.1, 0.15) is 35.0 Å². The number of fused-ring (bicyclic) bond motifs is 2. The van der Waals surface area contributed by atoms with Crippen molar-refractivity contribution in [2.45, 2.75) is 46.4 Å². The Hall–Kier alpha value is -2.54. The Balaban J connectivity index is 2.16. The van der Waals surface area contributed by atoms with Crippen LogP contribution in [0.5, 0.6) is 0 Å². The molecule has 4 aromatic heterocycles. The molecule has 0 amide bonds. The first-order chi connectivity index (χ1) is 13.3. The van der Waals surface area contributed by atoms with Gasteiger partial charge >= 0.3 is 0 Å². The van der Waals surface area contributed by atoms with Crippen molar-refractivity contribution in [1.29, 1.82) is 0 Å². The van der Waals surface area contributed by atoms with Gasteiger partial charge in [0.2, 0.25) is 0 Å². The van der Waals surface area contributed by atoms with E-state index >= 15 is 0 Å². The Bertz CT molecular complexity index is 1280. The molecular weight excluding hydrogens is 370 g/mol. The highest BCUT2D eigenvalue weighted by Crippen LogP contribution is 2.34. The number of hydrogen-bond donors (Lipinski definition) is 0. The summed E-state index contributed by atoms with van der Waals surface area (Å²) in [5.74, 6) is 1.25. The third kappa shape index (κ3) is 2.53. The maximum absolute atomic E-state index is 13.1. The minimum absolute atomic E-state index is 0.532. The quantitative estimate of drug-likeness (QED) is 0.527. The smallest absolute Gasteiger partial charge is 0.162 e. The maximum Gasteiger partial charge on any atom is 0.162 e. The predicted molar refractivity (Wildman–Crippen MR) is 113 cm³/mol. The van der Waals surface area contributed by atoms with E-state index in [-0.39, 0.29) is 0 Å². The fraction of sp³-hybridized carbons (Fsp3) is 0.381. The van der Waals surface area contributed by atoms with Gasteiger partial charge in [-0.2, -0.15) is 5.10 Å². The summed E-state index contributed by atoms with van der Waals surface area (Å²) in [6, 6.07) is 1.97. The Morgan fingerprint density at radius 1 is 1.07 bits per heavy atom. The summed E-state index contributed by atoms with van der Waals surface area (Å²) >= 11 is 0. The van der Waals surface area contributed by atoms with E-state index in [1.54, 1.807) is 0 Å². The lowest BCUT2D eigenvalue weighted by Crippen LogP contribution is -2.03. The molecule has 0 saturated carbocycles. The second-order valence-electron chi connectivity index (χ2n) is 7.34. The largest absolute Gasteiger partial charge is 0.324 e. The topological polar surface area (TPSA) is 65.1 Å². The van der Waals surface area contributed by atoms with Crippen LogP contribution >= 0.6 is 0 Å². The second-order valence-corrected chi connectivity index (χ2v) is 9.02. The summed E-state index contributed by atoms with van der Waals surface area (Å²) in [7, 11) is 0.793. The molecular formula is C21H25N5OS. The zero-order valence-corrected chi connectivity index (χ0v) is 18.2. The molecule has 0 bridgehead atoms. The van der Waals surface area contributed by atoms with Crippen LogP contribution in [0.4, 0.5) is 0 Å². The Morgan fingerprint density at radius 2 is 1.79 bits per heavy atom. The van der Waals surface area contributed by atoms with E-state index in [4.69, 9.17) is 10.1 Å². The molecule has 4 heterocycles. The van der Waals surface area contributed by atoms with Crippen molar-refractivity contribution in [2.75, 3.05) is 5.75 Å². The SMILES string of the molecule is CCS(=O)c1c(-c2nc3cc(C)ncc3n2C)nn2c(C)c(C)c(C)c(C)c12. The molecule has 0 aliphatic carbocycles. The summed E-state index contributed by atoms with van der Waals surface area (Å²) in [4.78, 5) is 10.0. The van der Waals surface area contributed by atoms with Gasteiger partial charge in [0.25, 0.3) is 0 Å². The first kappa shape index (κ1) is 18.8. The van der Waals surface area contributed by atoms with Gasteiger partial charge in [-0.05, 0) is 57.4 Å². The molecule has 0 N–H and O–H groups in total. The van der Waals surface area contributed by atoms with Crippen LogP contribution in [0.3, 0.4) is 0 Å². The van der Waals surface area contributed by atoms with Gasteiger partial charge in [0.15, 0.2) is 5.82 Å². The molecule has 0 aliphatic rings. The third-order valence-electron chi connectivity index (χ3n) is 5.79. The first-order valence-corrected chi connectivity index (χ1v) is 10.7. The van der Waals surface area contributed by atoms with Crippen molar-refractivity contribution < 1.29 is 4.21 Å². The Labute approximate surface area is 167 Å². The number of pyridine rings is 2. The Kier molecular flexibility index (Phi) is 4.38. The Morgan fingerprint density at radius 3 is 2.46 bits per heavy atom. The van der Waals surface area contributed by atoms with Crippen molar-refractivity contribution in [3.63, 3.8) is 0 Å². The fourth-order valence-electron chi connectivity index (χ4n) is 3.77. The lowest BCUT2D eigenvalue weighted by Gasteiger charge is -2.12. The predicted octanol–water partition coefficient (Wildman–Crippen LogP) is 3.95. The molecule has 28 heavy (non-hydrogen) atoms. The van der Waals surface area contributed by atoms with Crippen LogP contribution in [0, 0.1) is 34.6 Å². The third-order valence-corrected chi connectivity index (χ3v) is 7.15. The number of aryl methyl sites for hydroxylation is 4. The van der Waals surface area contributed by atoms with Crippen molar-refractivity contribution in [3.8, 4) is 11.5 Å². The van der Waals surface area contributed by atoms with Crippen LogP contribution in [0.25, 0.3) is 28.1 Å². The van der Waals surface area contributed by atoms with E-state index in [0.29, 0.717) is 11.4 Å². The average molecular weight is 396 g/mol. The van der Waals surface area contributed by atoms with E-state index in [1.165, 1.54) is 11.1 Å². The summed E-state index contributed by atoms with van der Waals surface area (Å²) < 4.78 is 17.1. The zero-order chi connectivity index (χ0) is 20.3. The molecule has 0 aromatic carbocycles. The van der Waals surface area contributed by atoms with Crippen molar-refractivity contribution in [2.24, 2.45) is 7.05 Å². The molecule has 0 saturated heterocycles. The molecule has 146 valence electrons. The summed E-state index contributed by atoms with van der Waals surface area (Å²) in [5.41, 5.74) is 8.97. The number of rotatable bonds is 3. The zero-order valence-electron chi connectivity index (χ0n) is 17.4. The monoisotopic (exact) mass is 395 g/mol. The van der Waals surface area contributed by atoms with Crippen molar-refractivity contribution in [1.82, 2.24) is 24.1 Å². The molecule has 1 unspecified atom stereocenters. The molecule has 0 spiro atoms. The van der Waals surface area contributed by atoms with Crippen molar-refractivity contribution >= 4 is 27.3 Å². The molecule has 6 nitrogen and oxygen atoms in total. The highest BCUT2D eigenvalue weighted by Gasteiger charge is 2.26. The minimum Gasteiger partial charge on any atom is -0.324 e. The summed E-state index contributed by atoms with van der Waals surface area (Å²) in [5, 5.41) is 4.91. The number of hydrogen-bond acceptors (Lipinski definition) is 4. The van der Waals surface area contributed by atoms with Crippen LogP contribution in [-0.4, -0.2) is 34.1 Å². The minimum atomic E-state index is -1.17. The molecule has 0 radical (unpaired) electrons. The molecule has 1 atom stereocenters. The highest BCUT2D eigenvalue weighted by molar-refractivity contribution is 7.85. The van der Waals surface area contributed by atoms with E-state index < -0.39 is 10.8 Å². The van der Waals surface area contributed by atoms with Gasteiger partial charge in [0, 0.05) is 24.2 Å². The average Bonchev–Trinajstić information content (AvgIpc) is 3.22. The molecule has 4 aromatic rings. The normalized spacial score (nSPS) is 13.0. The van der Waals surface area contributed by atoms with E-state index in [9.17, 15) is 4.21 Å². The highest BCUT2D eigenvalue weighted by atomic mass is 32.2. The van der Waals surface area contributed by atoms with Gasteiger partial charge in [-0.15, -0.1) is 0 Å². The van der Waals surface area contributed by atoms with Gasteiger partial charge in [-0.25, -0.2) is 9.50 Å². The lowest BCUT2D eigenvalue weighted by atomic mass is 10.0. The van der Waals surface area contributed by atoms with Crippen LogP contribution < -0.4 is 0 Å². The van der Waals surface area contributed by atoms with E-state index in [2.05, 4.69) is 32.7 Å². The van der Waals surface area contributed by atoms with Gasteiger partial charge < -0.3 is 4.57 Å². The van der Waals surface area contributed by atoms with Crippen LogP contribution in [0.15, 0.2) is 17.2 Å². The van der Waals surface area contributed by atoms with Crippen LogP contribution in [0.2, 0.25) is 0 Å². The molecule has 7 heteroatoms. The number of aromatic nitrogens is 5. The van der Waals surface area contributed by atoms with Gasteiger partial charge in [-0.3, -0.25) is 9.19 Å². The second kappa shape index (κ2) is 6.51. The summed E-state index contributed by atoms with van der Waals surface area (Å²) in [6.45, 7) is 12.3. The lowest BCUT2D eigenvalue weighted by molar-refractivity contribution is 0.684. The molecule has 0 aliphatic heterocycles. The number of imidazole rings is 1. The maximum atomic E-state index is 13.1. The number of nitrogens with zero attached hydrogens (tertiary/aromatic N) is 5. The first-order valence-electron chi connectivity index (χ1n) is 9.43. The standard InChI is InChI=1S/C21H25N5OS/c1-8-28(27)20-18(21-23-16-9-11(2)22-10-17(16)25(21)7)24-26-15(6)13(4)12(3)14(5)19(20)26/h9-10H,8H2,1-7H3. The van der Waals surface area contributed by atoms with E-state index in [1.807, 2.05) is 42.2 Å². The van der Waals surface area contributed by atoms with E-state index in [0.717, 1.165) is 44.2 Å². The van der Waals surface area contributed by atoms with Gasteiger partial charge in [-0.1, -0.05) is 6.92 Å². The molecule has 0 fully saturated rings. The van der Waals surface area contributed by atoms with Crippen molar-refractivity contribution in [3.05, 3.63) is 40.3 Å². The fourth-order valence-corrected chi connectivity index (χ4v) is 4.86. The van der Waals surface area contributed by atoms with Gasteiger partial charge in [0.1, 0.15) is 5.69 Å². The summed E-state index contributed by atoms with van der Waals surface area (Å²) in [6.07, 6.45) is 1.83. The van der Waals surface area contributed by atoms with Crippen LogP contribution in [-0.2, 0) is 17.8 Å².